The number of ether oxygens (including phenoxy) is 4. The number of hydrogen-bond donors (Lipinski definition) is 0. The molecule has 0 N–H and O–H groups in total. The third-order valence-corrected chi connectivity index (χ3v) is 3.55. The molecular weight excluding hydrogens is 330 g/mol. The van der Waals surface area contributed by atoms with Crippen molar-refractivity contribution in [2.45, 2.75) is 58.3 Å². The molecule has 1 aliphatic heterocycles. The molecule has 0 aliphatic carbocycles. The summed E-state index contributed by atoms with van der Waals surface area (Å²) in [7, 11) is 1.20. The van der Waals surface area contributed by atoms with Crippen LogP contribution in [0.25, 0.3) is 0 Å². The van der Waals surface area contributed by atoms with E-state index in [1.54, 1.807) is 27.7 Å². The molecular formula is C17H27NO7. The Labute approximate surface area is 148 Å². The van der Waals surface area contributed by atoms with Crippen LogP contribution in [-0.4, -0.2) is 61.1 Å². The molecule has 142 valence electrons. The van der Waals surface area contributed by atoms with Crippen molar-refractivity contribution in [3.63, 3.8) is 0 Å². The summed E-state index contributed by atoms with van der Waals surface area (Å²) < 4.78 is 20.1. The van der Waals surface area contributed by atoms with Crippen LogP contribution in [0.1, 0.15) is 40.5 Å². The van der Waals surface area contributed by atoms with Crippen LogP contribution < -0.4 is 0 Å². The minimum atomic E-state index is -1.07. The van der Waals surface area contributed by atoms with Crippen molar-refractivity contribution in [1.82, 2.24) is 4.90 Å². The number of rotatable bonds is 5. The average Bonchev–Trinajstić information content (AvgIpc) is 2.99. The second-order valence-electron chi connectivity index (χ2n) is 6.62. The standard InChI is InChI=1S/C17H27NO7/c1-7-23-16(21)24-13(11(2)14(19)22-6)12-9-8-10-18(12)15(20)25-17(3,4)5/h12-13H,2,7-10H2,1,3-6H3/t12-,13?/m0/s1. The molecule has 1 heterocycles. The minimum absolute atomic E-state index is 0.0592. The van der Waals surface area contributed by atoms with Gasteiger partial charge in [0, 0.05) is 6.54 Å². The first-order chi connectivity index (χ1) is 11.6. The first kappa shape index (κ1) is 20.8. The molecule has 1 amide bonds. The van der Waals surface area contributed by atoms with E-state index in [2.05, 4.69) is 11.3 Å². The lowest BCUT2D eigenvalue weighted by Gasteiger charge is -2.32. The highest BCUT2D eigenvalue weighted by Gasteiger charge is 2.42. The largest absolute Gasteiger partial charge is 0.508 e. The Bertz CT molecular complexity index is 524. The predicted octanol–water partition coefficient (Wildman–Crippen LogP) is 2.66. The maximum Gasteiger partial charge on any atom is 0.508 e. The van der Waals surface area contributed by atoms with Gasteiger partial charge in [-0.05, 0) is 40.5 Å². The van der Waals surface area contributed by atoms with Gasteiger partial charge in [0.05, 0.1) is 25.3 Å². The molecule has 2 atom stereocenters. The predicted molar refractivity (Wildman–Crippen MR) is 89.0 cm³/mol. The van der Waals surface area contributed by atoms with Crippen LogP contribution in [-0.2, 0) is 23.7 Å². The zero-order valence-electron chi connectivity index (χ0n) is 15.5. The van der Waals surface area contributed by atoms with Crippen LogP contribution in [0.15, 0.2) is 12.2 Å². The lowest BCUT2D eigenvalue weighted by molar-refractivity contribution is -0.137. The number of carbonyl (C=O) groups excluding carboxylic acids is 3. The number of methoxy groups -OCH3 is 1. The van der Waals surface area contributed by atoms with Gasteiger partial charge in [0.1, 0.15) is 5.60 Å². The van der Waals surface area contributed by atoms with Gasteiger partial charge in [0.15, 0.2) is 6.10 Å². The van der Waals surface area contributed by atoms with Crippen LogP contribution in [0.5, 0.6) is 0 Å². The van der Waals surface area contributed by atoms with E-state index in [0.717, 1.165) is 0 Å². The molecule has 0 bridgehead atoms. The molecule has 1 fully saturated rings. The number of likely N-dealkylation sites (tertiary alicyclic amines) is 1. The van der Waals surface area contributed by atoms with Crippen molar-refractivity contribution in [2.24, 2.45) is 0 Å². The molecule has 8 nitrogen and oxygen atoms in total. The van der Waals surface area contributed by atoms with Gasteiger partial charge in [-0.25, -0.2) is 14.4 Å². The molecule has 0 aromatic heterocycles. The zero-order chi connectivity index (χ0) is 19.2. The van der Waals surface area contributed by atoms with Crippen molar-refractivity contribution < 1.29 is 33.3 Å². The fourth-order valence-electron chi connectivity index (χ4n) is 2.54. The summed E-state index contributed by atoms with van der Waals surface area (Å²) in [4.78, 5) is 37.5. The maximum absolute atomic E-state index is 12.4. The summed E-state index contributed by atoms with van der Waals surface area (Å²) in [6.07, 6.45) is -1.33. The molecule has 0 saturated carbocycles. The Kier molecular flexibility index (Phi) is 7.26. The lowest BCUT2D eigenvalue weighted by atomic mass is 10.0. The van der Waals surface area contributed by atoms with Crippen molar-refractivity contribution in [3.05, 3.63) is 12.2 Å². The Morgan fingerprint density at radius 3 is 2.44 bits per heavy atom. The molecule has 1 saturated heterocycles. The Morgan fingerprint density at radius 2 is 1.92 bits per heavy atom. The van der Waals surface area contributed by atoms with Crippen LogP contribution in [0.4, 0.5) is 9.59 Å². The summed E-state index contributed by atoms with van der Waals surface area (Å²) in [5.74, 6) is -0.717. The molecule has 1 rings (SSSR count). The SMILES string of the molecule is C=C(C(=O)OC)C(OC(=O)OCC)[C@@H]1CCCN1C(=O)OC(C)(C)C. The van der Waals surface area contributed by atoms with Crippen LogP contribution in [0.3, 0.4) is 0 Å². The van der Waals surface area contributed by atoms with Crippen molar-refractivity contribution in [2.75, 3.05) is 20.3 Å². The second kappa shape index (κ2) is 8.73. The monoisotopic (exact) mass is 357 g/mol. The molecule has 1 aliphatic rings. The number of hydrogen-bond acceptors (Lipinski definition) is 7. The third kappa shape index (κ3) is 5.95. The van der Waals surface area contributed by atoms with Gasteiger partial charge in [-0.1, -0.05) is 6.58 Å². The van der Waals surface area contributed by atoms with E-state index < -0.39 is 36.0 Å². The van der Waals surface area contributed by atoms with Gasteiger partial charge < -0.3 is 23.8 Å². The summed E-state index contributed by atoms with van der Waals surface area (Å²) in [5.41, 5.74) is -0.725. The van der Waals surface area contributed by atoms with Crippen LogP contribution in [0, 0.1) is 0 Å². The summed E-state index contributed by atoms with van der Waals surface area (Å²) in [6, 6.07) is -0.578. The number of esters is 1. The Morgan fingerprint density at radius 1 is 1.28 bits per heavy atom. The van der Waals surface area contributed by atoms with Gasteiger partial charge in [-0.3, -0.25) is 0 Å². The van der Waals surface area contributed by atoms with Crippen molar-refractivity contribution in [3.8, 4) is 0 Å². The smallest absolute Gasteiger partial charge is 0.466 e. The number of carbonyl (C=O) groups is 3. The highest BCUT2D eigenvalue weighted by atomic mass is 16.7. The molecule has 0 radical (unpaired) electrons. The lowest BCUT2D eigenvalue weighted by Crippen LogP contribution is -2.48. The van der Waals surface area contributed by atoms with E-state index in [1.165, 1.54) is 12.0 Å². The van der Waals surface area contributed by atoms with Gasteiger partial charge in [0.25, 0.3) is 0 Å². The van der Waals surface area contributed by atoms with E-state index in [1.807, 2.05) is 0 Å². The summed E-state index contributed by atoms with van der Waals surface area (Å²) in [5, 5.41) is 0. The highest BCUT2D eigenvalue weighted by Crippen LogP contribution is 2.28. The molecule has 1 unspecified atom stereocenters. The molecule has 25 heavy (non-hydrogen) atoms. The molecule has 0 aromatic rings. The van der Waals surface area contributed by atoms with E-state index >= 15 is 0 Å². The number of nitrogens with zero attached hydrogens (tertiary/aromatic N) is 1. The summed E-state index contributed by atoms with van der Waals surface area (Å²) in [6.45, 7) is 11.1. The molecule has 0 spiro atoms. The quantitative estimate of drug-likeness (QED) is 0.424. The van der Waals surface area contributed by atoms with Gasteiger partial charge >= 0.3 is 18.2 Å². The van der Waals surface area contributed by atoms with Crippen molar-refractivity contribution >= 4 is 18.2 Å². The fourth-order valence-corrected chi connectivity index (χ4v) is 2.54. The third-order valence-electron chi connectivity index (χ3n) is 3.55. The molecule has 8 heteroatoms. The van der Waals surface area contributed by atoms with Gasteiger partial charge in [-0.2, -0.15) is 0 Å². The average molecular weight is 357 g/mol. The first-order valence-corrected chi connectivity index (χ1v) is 8.20. The van der Waals surface area contributed by atoms with E-state index in [0.29, 0.717) is 19.4 Å². The van der Waals surface area contributed by atoms with E-state index in [4.69, 9.17) is 14.2 Å². The number of amides is 1. The topological polar surface area (TPSA) is 91.4 Å². The Hall–Kier alpha value is -2.25. The second-order valence-corrected chi connectivity index (χ2v) is 6.62. The first-order valence-electron chi connectivity index (χ1n) is 8.20. The van der Waals surface area contributed by atoms with Gasteiger partial charge in [0.2, 0.25) is 0 Å². The molecule has 0 aromatic carbocycles. The maximum atomic E-state index is 12.4. The summed E-state index contributed by atoms with van der Waals surface area (Å²) >= 11 is 0. The van der Waals surface area contributed by atoms with E-state index in [-0.39, 0.29) is 12.2 Å². The van der Waals surface area contributed by atoms with Crippen molar-refractivity contribution in [1.29, 1.82) is 0 Å². The van der Waals surface area contributed by atoms with Crippen LogP contribution in [0.2, 0.25) is 0 Å². The van der Waals surface area contributed by atoms with Gasteiger partial charge in [-0.15, -0.1) is 0 Å². The van der Waals surface area contributed by atoms with Crippen LogP contribution >= 0.6 is 0 Å². The normalized spacial score (nSPS) is 18.3. The highest BCUT2D eigenvalue weighted by molar-refractivity contribution is 5.89. The Balaban J connectivity index is 3.01. The minimum Gasteiger partial charge on any atom is -0.466 e. The van der Waals surface area contributed by atoms with E-state index in [9.17, 15) is 14.4 Å². The zero-order valence-corrected chi connectivity index (χ0v) is 15.5. The fraction of sp³-hybridized carbons (Fsp3) is 0.706.